The summed E-state index contributed by atoms with van der Waals surface area (Å²) in [5.74, 6) is 0.188. The fourth-order valence-electron chi connectivity index (χ4n) is 3.35. The number of aromatic nitrogens is 1. The minimum absolute atomic E-state index is 0.216. The number of nitrogens with zero attached hydrogens (tertiary/aromatic N) is 1. The topological polar surface area (TPSA) is 54.0 Å². The van der Waals surface area contributed by atoms with Gasteiger partial charge in [-0.3, -0.25) is 10.1 Å². The third kappa shape index (κ3) is 5.28. The number of thiazole rings is 1. The molecule has 3 aromatic carbocycles. The van der Waals surface area contributed by atoms with E-state index in [0.717, 1.165) is 22.2 Å². The Kier molecular flexibility index (Phi) is 6.73. The molecule has 1 aromatic heterocycles. The zero-order chi connectivity index (χ0) is 22.5. The fraction of sp³-hybridized carbons (Fsp3) is 0.115. The van der Waals surface area contributed by atoms with Crippen molar-refractivity contribution in [1.82, 2.24) is 10.3 Å². The molecule has 32 heavy (non-hydrogen) atoms. The van der Waals surface area contributed by atoms with E-state index in [4.69, 9.17) is 12.2 Å². The van der Waals surface area contributed by atoms with Crippen LogP contribution in [-0.2, 0) is 4.79 Å². The molecule has 160 valence electrons. The first-order valence-corrected chi connectivity index (χ1v) is 11.6. The molecule has 0 fully saturated rings. The van der Waals surface area contributed by atoms with E-state index in [1.165, 1.54) is 28.4 Å². The summed E-state index contributed by atoms with van der Waals surface area (Å²) >= 11 is 6.72. The van der Waals surface area contributed by atoms with Crippen molar-refractivity contribution >= 4 is 56.6 Å². The van der Waals surface area contributed by atoms with Crippen LogP contribution in [0.25, 0.3) is 28.1 Å². The van der Waals surface area contributed by atoms with Crippen LogP contribution in [0.15, 0.2) is 78.2 Å². The molecule has 4 aromatic rings. The maximum atomic E-state index is 12.2. The number of amides is 1. The summed E-state index contributed by atoms with van der Waals surface area (Å²) in [5, 5.41) is 10.8. The molecule has 1 amide bonds. The second-order valence-corrected chi connectivity index (χ2v) is 8.93. The molecule has 0 bridgehead atoms. The lowest BCUT2D eigenvalue weighted by Gasteiger charge is -2.06. The van der Waals surface area contributed by atoms with Gasteiger partial charge in [-0.2, -0.15) is 0 Å². The SMILES string of the molecule is CC(C)c1ccc(C=CC(=O)NC(=S)Nc2nc(-c3cccc4ccccc34)cs2)cc1. The number of carbonyl (C=O) groups is 1. The normalized spacial score (nSPS) is 11.2. The van der Waals surface area contributed by atoms with Crippen molar-refractivity contribution in [2.75, 3.05) is 5.32 Å². The highest BCUT2D eigenvalue weighted by Gasteiger charge is 2.10. The Morgan fingerprint density at radius 3 is 2.56 bits per heavy atom. The van der Waals surface area contributed by atoms with Gasteiger partial charge in [0.05, 0.1) is 5.69 Å². The molecular weight excluding hydrogens is 434 g/mol. The molecular formula is C26H23N3OS2. The lowest BCUT2D eigenvalue weighted by Crippen LogP contribution is -2.32. The second-order valence-electron chi connectivity index (χ2n) is 7.66. The average molecular weight is 458 g/mol. The Morgan fingerprint density at radius 1 is 1.03 bits per heavy atom. The summed E-state index contributed by atoms with van der Waals surface area (Å²) < 4.78 is 0. The van der Waals surface area contributed by atoms with Crippen molar-refractivity contribution < 1.29 is 4.79 Å². The summed E-state index contributed by atoms with van der Waals surface area (Å²) in [6.45, 7) is 4.30. The average Bonchev–Trinajstić information content (AvgIpc) is 3.25. The van der Waals surface area contributed by atoms with Gasteiger partial charge in [0.2, 0.25) is 5.91 Å². The number of hydrogen-bond acceptors (Lipinski definition) is 4. The largest absolute Gasteiger partial charge is 0.308 e. The monoisotopic (exact) mass is 457 g/mol. The fourth-order valence-corrected chi connectivity index (χ4v) is 4.33. The molecule has 0 radical (unpaired) electrons. The molecule has 0 saturated heterocycles. The van der Waals surface area contributed by atoms with Gasteiger partial charge in [-0.25, -0.2) is 4.98 Å². The predicted molar refractivity (Wildman–Crippen MR) is 139 cm³/mol. The van der Waals surface area contributed by atoms with Gasteiger partial charge in [0, 0.05) is 17.0 Å². The quantitative estimate of drug-likeness (QED) is 0.261. The smallest absolute Gasteiger partial charge is 0.250 e. The first-order valence-electron chi connectivity index (χ1n) is 10.3. The minimum Gasteiger partial charge on any atom is -0.308 e. The summed E-state index contributed by atoms with van der Waals surface area (Å²) in [5.41, 5.74) is 4.16. The Morgan fingerprint density at radius 2 is 1.78 bits per heavy atom. The van der Waals surface area contributed by atoms with E-state index in [0.29, 0.717) is 11.0 Å². The van der Waals surface area contributed by atoms with Gasteiger partial charge in [0.25, 0.3) is 0 Å². The number of benzene rings is 3. The van der Waals surface area contributed by atoms with Crippen LogP contribution in [-0.4, -0.2) is 16.0 Å². The van der Waals surface area contributed by atoms with Crippen LogP contribution in [0.4, 0.5) is 5.13 Å². The van der Waals surface area contributed by atoms with E-state index in [2.05, 4.69) is 65.9 Å². The first-order chi connectivity index (χ1) is 15.5. The molecule has 1 heterocycles. The van der Waals surface area contributed by atoms with E-state index in [9.17, 15) is 4.79 Å². The van der Waals surface area contributed by atoms with Crippen molar-refractivity contribution in [1.29, 1.82) is 0 Å². The van der Waals surface area contributed by atoms with Gasteiger partial charge >= 0.3 is 0 Å². The molecule has 0 spiro atoms. The van der Waals surface area contributed by atoms with Crippen LogP contribution < -0.4 is 10.6 Å². The number of rotatable bonds is 5. The van der Waals surface area contributed by atoms with Gasteiger partial charge in [0.15, 0.2) is 10.2 Å². The van der Waals surface area contributed by atoms with Crippen LogP contribution in [0.2, 0.25) is 0 Å². The molecule has 0 atom stereocenters. The van der Waals surface area contributed by atoms with Crippen molar-refractivity contribution in [2.45, 2.75) is 19.8 Å². The van der Waals surface area contributed by atoms with Crippen LogP contribution in [0.1, 0.15) is 30.9 Å². The van der Waals surface area contributed by atoms with Crippen molar-refractivity contribution in [3.05, 3.63) is 89.3 Å². The highest BCUT2D eigenvalue weighted by atomic mass is 32.1. The minimum atomic E-state index is -0.290. The van der Waals surface area contributed by atoms with E-state index in [-0.39, 0.29) is 11.0 Å². The molecule has 4 nitrogen and oxygen atoms in total. The number of nitrogens with one attached hydrogen (secondary N) is 2. The standard InChI is InChI=1S/C26H23N3OS2/c1-17(2)19-13-10-18(11-14-19)12-15-24(30)28-25(31)29-26-27-23(16-32-26)22-9-5-7-20-6-3-4-8-21(20)22/h3-17H,1-2H3,(H2,27,28,29,30,31). The van der Waals surface area contributed by atoms with Gasteiger partial charge in [0.1, 0.15) is 0 Å². The van der Waals surface area contributed by atoms with Gasteiger partial charge in [-0.05, 0) is 46.1 Å². The van der Waals surface area contributed by atoms with E-state index >= 15 is 0 Å². The Labute approximate surface area is 197 Å². The molecule has 0 aliphatic heterocycles. The summed E-state index contributed by atoms with van der Waals surface area (Å²) in [7, 11) is 0. The maximum Gasteiger partial charge on any atom is 0.250 e. The third-order valence-corrected chi connectivity index (χ3v) is 6.02. The van der Waals surface area contributed by atoms with Gasteiger partial charge < -0.3 is 5.32 Å². The number of fused-ring (bicyclic) bond motifs is 1. The number of anilines is 1. The number of carbonyl (C=O) groups excluding carboxylic acids is 1. The zero-order valence-electron chi connectivity index (χ0n) is 17.8. The second kappa shape index (κ2) is 9.85. The molecule has 2 N–H and O–H groups in total. The van der Waals surface area contributed by atoms with E-state index in [1.807, 2.05) is 35.7 Å². The highest BCUT2D eigenvalue weighted by Crippen LogP contribution is 2.30. The molecule has 0 aliphatic rings. The maximum absolute atomic E-state index is 12.2. The number of hydrogen-bond donors (Lipinski definition) is 2. The van der Waals surface area contributed by atoms with Crippen LogP contribution in [0.3, 0.4) is 0 Å². The Balaban J connectivity index is 1.37. The Hall–Kier alpha value is -3.35. The summed E-state index contributed by atoms with van der Waals surface area (Å²) in [6, 6.07) is 22.5. The van der Waals surface area contributed by atoms with Crippen LogP contribution in [0, 0.1) is 0 Å². The van der Waals surface area contributed by atoms with Crippen LogP contribution >= 0.6 is 23.6 Å². The lowest BCUT2D eigenvalue weighted by molar-refractivity contribution is -0.115. The Bertz CT molecular complexity index is 1280. The van der Waals surface area contributed by atoms with Gasteiger partial charge in [-0.15, -0.1) is 11.3 Å². The van der Waals surface area contributed by atoms with Crippen LogP contribution in [0.5, 0.6) is 0 Å². The van der Waals surface area contributed by atoms with E-state index < -0.39 is 0 Å². The molecule has 0 aliphatic carbocycles. The predicted octanol–water partition coefficient (Wildman–Crippen LogP) is 6.61. The third-order valence-electron chi connectivity index (χ3n) is 5.06. The van der Waals surface area contributed by atoms with E-state index in [1.54, 1.807) is 6.08 Å². The lowest BCUT2D eigenvalue weighted by atomic mass is 10.0. The highest BCUT2D eigenvalue weighted by molar-refractivity contribution is 7.80. The van der Waals surface area contributed by atoms with Gasteiger partial charge in [-0.1, -0.05) is 80.6 Å². The molecule has 4 rings (SSSR count). The first kappa shape index (κ1) is 21.9. The van der Waals surface area contributed by atoms with Crippen molar-refractivity contribution in [2.24, 2.45) is 0 Å². The molecule has 0 saturated carbocycles. The molecule has 6 heteroatoms. The summed E-state index contributed by atoms with van der Waals surface area (Å²) in [4.78, 5) is 16.9. The molecule has 0 unspecified atom stereocenters. The number of thiocarbonyl (C=S) groups is 1. The zero-order valence-corrected chi connectivity index (χ0v) is 19.5. The van der Waals surface area contributed by atoms with Crippen molar-refractivity contribution in [3.63, 3.8) is 0 Å². The van der Waals surface area contributed by atoms with Crippen molar-refractivity contribution in [3.8, 4) is 11.3 Å². The summed E-state index contributed by atoms with van der Waals surface area (Å²) in [6.07, 6.45) is 3.24.